The summed E-state index contributed by atoms with van der Waals surface area (Å²) in [5, 5.41) is 12.2. The van der Waals surface area contributed by atoms with Crippen LogP contribution in [0.2, 0.25) is 0 Å². The lowest BCUT2D eigenvalue weighted by molar-refractivity contribution is -0.170. The van der Waals surface area contributed by atoms with Gasteiger partial charge in [0.25, 0.3) is 0 Å². The first-order valence-electron chi connectivity index (χ1n) is 11.9. The van der Waals surface area contributed by atoms with Gasteiger partial charge in [-0.3, -0.25) is 9.59 Å². The van der Waals surface area contributed by atoms with Gasteiger partial charge < -0.3 is 20.1 Å². The lowest BCUT2D eigenvalue weighted by atomic mass is 9.75. The highest BCUT2D eigenvalue weighted by Gasteiger charge is 2.52. The fourth-order valence-electron chi connectivity index (χ4n) is 4.99. The molecular weight excluding hydrogens is 432 g/mol. The molecule has 7 nitrogen and oxygen atoms in total. The number of likely N-dealkylation sites (tertiary alicyclic amines) is 1. The summed E-state index contributed by atoms with van der Waals surface area (Å²) < 4.78 is 5.59. The van der Waals surface area contributed by atoms with Crippen molar-refractivity contribution in [2.24, 2.45) is 10.8 Å². The van der Waals surface area contributed by atoms with E-state index in [4.69, 9.17) is 4.74 Å². The zero-order chi connectivity index (χ0) is 24.5. The lowest BCUT2D eigenvalue weighted by Gasteiger charge is -2.49. The van der Waals surface area contributed by atoms with Crippen LogP contribution in [-0.2, 0) is 14.3 Å². The molecule has 0 spiro atoms. The van der Waals surface area contributed by atoms with Gasteiger partial charge in [0.2, 0.25) is 5.91 Å². The van der Waals surface area contributed by atoms with Crippen molar-refractivity contribution in [3.8, 4) is 11.1 Å². The topological polar surface area (TPSA) is 95.9 Å². The number of amides is 2. The average Bonchev–Trinajstić information content (AvgIpc) is 3.14. The third-order valence-corrected chi connectivity index (χ3v) is 7.67. The fraction of sp³-hybridized carbons (Fsp3) is 0.444. The van der Waals surface area contributed by atoms with E-state index in [2.05, 4.69) is 29.6 Å². The van der Waals surface area contributed by atoms with Gasteiger partial charge in [0.05, 0.1) is 5.41 Å². The molecule has 0 saturated carbocycles. The van der Waals surface area contributed by atoms with E-state index in [1.165, 1.54) is 0 Å². The van der Waals surface area contributed by atoms with E-state index in [-0.39, 0.29) is 38.1 Å². The van der Waals surface area contributed by atoms with E-state index in [1.54, 1.807) is 11.8 Å². The molecule has 1 fully saturated rings. The van der Waals surface area contributed by atoms with E-state index in [0.29, 0.717) is 12.8 Å². The minimum absolute atomic E-state index is 0.0309. The Hall–Kier alpha value is -3.35. The third-order valence-electron chi connectivity index (χ3n) is 7.67. The first-order valence-corrected chi connectivity index (χ1v) is 11.9. The molecule has 0 radical (unpaired) electrons. The zero-order valence-electron chi connectivity index (χ0n) is 20.0. The van der Waals surface area contributed by atoms with Crippen molar-refractivity contribution in [2.75, 3.05) is 26.2 Å². The Morgan fingerprint density at radius 1 is 1.06 bits per heavy atom. The zero-order valence-corrected chi connectivity index (χ0v) is 20.0. The Labute approximate surface area is 200 Å². The maximum atomic E-state index is 13.1. The van der Waals surface area contributed by atoms with Crippen molar-refractivity contribution in [3.63, 3.8) is 0 Å². The average molecular weight is 465 g/mol. The predicted octanol–water partition coefficient (Wildman–Crippen LogP) is 4.26. The lowest BCUT2D eigenvalue weighted by Crippen LogP contribution is -2.65. The summed E-state index contributed by atoms with van der Waals surface area (Å²) in [5.74, 6) is -1.04. The van der Waals surface area contributed by atoms with Gasteiger partial charge in [0.1, 0.15) is 12.0 Å². The Balaban J connectivity index is 1.35. The molecule has 1 saturated heterocycles. The molecule has 1 atom stereocenters. The van der Waals surface area contributed by atoms with Crippen LogP contribution in [-0.4, -0.2) is 54.2 Å². The SMILES string of the molecule is CCC(C)(CNC(=O)OCC1c2ccccc2-c2ccccc21)C(=O)N1CC(CC)(C(=O)O)C1. The molecule has 34 heavy (non-hydrogen) atoms. The number of carbonyl (C=O) groups excluding carboxylic acids is 2. The van der Waals surface area contributed by atoms with Gasteiger partial charge in [-0.1, -0.05) is 62.4 Å². The molecule has 1 aliphatic carbocycles. The van der Waals surface area contributed by atoms with E-state index in [0.717, 1.165) is 22.3 Å². The number of rotatable bonds is 8. The number of nitrogens with one attached hydrogen (secondary N) is 1. The number of carbonyl (C=O) groups is 3. The number of alkyl carbamates (subject to hydrolysis) is 1. The summed E-state index contributed by atoms with van der Waals surface area (Å²) in [7, 11) is 0. The summed E-state index contributed by atoms with van der Waals surface area (Å²) in [6.07, 6.45) is 0.428. The van der Waals surface area contributed by atoms with Gasteiger partial charge in [0, 0.05) is 25.6 Å². The van der Waals surface area contributed by atoms with Crippen LogP contribution in [0.5, 0.6) is 0 Å². The van der Waals surface area contributed by atoms with Crippen molar-refractivity contribution in [1.29, 1.82) is 0 Å². The molecule has 2 aromatic rings. The van der Waals surface area contributed by atoms with Crippen LogP contribution in [0.4, 0.5) is 4.79 Å². The summed E-state index contributed by atoms with van der Waals surface area (Å²) in [6, 6.07) is 16.3. The van der Waals surface area contributed by atoms with Crippen molar-refractivity contribution in [3.05, 3.63) is 59.7 Å². The number of ether oxygens (including phenoxy) is 1. The molecule has 180 valence electrons. The first-order chi connectivity index (χ1) is 16.2. The smallest absolute Gasteiger partial charge is 0.407 e. The van der Waals surface area contributed by atoms with Crippen molar-refractivity contribution < 1.29 is 24.2 Å². The number of aliphatic carboxylic acids is 1. The van der Waals surface area contributed by atoms with Gasteiger partial charge in [0.15, 0.2) is 0 Å². The summed E-state index contributed by atoms with van der Waals surface area (Å²) in [5.41, 5.74) is 2.92. The Kier molecular flexibility index (Phi) is 6.39. The van der Waals surface area contributed by atoms with Crippen LogP contribution in [0.15, 0.2) is 48.5 Å². The highest BCUT2D eigenvalue weighted by molar-refractivity contribution is 5.87. The van der Waals surface area contributed by atoms with Gasteiger partial charge >= 0.3 is 12.1 Å². The van der Waals surface area contributed by atoms with E-state index in [9.17, 15) is 19.5 Å². The minimum atomic E-state index is -0.867. The second-order valence-corrected chi connectivity index (χ2v) is 9.69. The first kappa shape index (κ1) is 23.8. The van der Waals surface area contributed by atoms with Crippen LogP contribution in [0, 0.1) is 10.8 Å². The molecule has 0 aromatic heterocycles. The van der Waals surface area contributed by atoms with Gasteiger partial charge in [-0.15, -0.1) is 0 Å². The minimum Gasteiger partial charge on any atom is -0.481 e. The number of fused-ring (bicyclic) bond motifs is 3. The van der Waals surface area contributed by atoms with Crippen molar-refractivity contribution in [1.82, 2.24) is 10.2 Å². The molecule has 1 heterocycles. The summed E-state index contributed by atoms with van der Waals surface area (Å²) in [6.45, 7) is 6.26. The van der Waals surface area contributed by atoms with Crippen molar-refractivity contribution in [2.45, 2.75) is 39.5 Å². The van der Waals surface area contributed by atoms with Crippen LogP contribution >= 0.6 is 0 Å². The van der Waals surface area contributed by atoms with Crippen LogP contribution in [0.1, 0.15) is 50.7 Å². The Morgan fingerprint density at radius 2 is 1.62 bits per heavy atom. The monoisotopic (exact) mass is 464 g/mol. The van der Waals surface area contributed by atoms with Gasteiger partial charge in [-0.05, 0) is 42.0 Å². The number of benzene rings is 2. The largest absolute Gasteiger partial charge is 0.481 e. The molecule has 2 aromatic carbocycles. The summed E-state index contributed by atoms with van der Waals surface area (Å²) >= 11 is 0. The quantitative estimate of drug-likeness (QED) is 0.608. The molecule has 2 aliphatic rings. The fourth-order valence-corrected chi connectivity index (χ4v) is 4.99. The van der Waals surface area contributed by atoms with E-state index < -0.39 is 22.9 Å². The number of hydrogen-bond acceptors (Lipinski definition) is 4. The normalized spacial score (nSPS) is 17.7. The molecule has 1 unspecified atom stereocenters. The third kappa shape index (κ3) is 4.04. The van der Waals surface area contributed by atoms with Crippen LogP contribution in [0.3, 0.4) is 0 Å². The second-order valence-electron chi connectivity index (χ2n) is 9.69. The Morgan fingerprint density at radius 3 is 2.12 bits per heavy atom. The summed E-state index contributed by atoms with van der Waals surface area (Å²) in [4.78, 5) is 38.8. The standard InChI is InChI=1S/C27H32N2O5/c1-4-26(3,23(30)29-16-27(5-2,17-29)24(31)32)15-28-25(33)34-14-22-20-12-8-6-10-18(20)19-11-7-9-13-21(19)22/h6-13,22H,4-5,14-17H2,1-3H3,(H,28,33)(H,31,32). The Bertz CT molecular complexity index is 1060. The van der Waals surface area contributed by atoms with Crippen LogP contribution in [0.25, 0.3) is 11.1 Å². The maximum absolute atomic E-state index is 13.1. The van der Waals surface area contributed by atoms with E-state index >= 15 is 0 Å². The molecule has 2 amide bonds. The number of nitrogens with zero attached hydrogens (tertiary/aromatic N) is 1. The highest BCUT2D eigenvalue weighted by atomic mass is 16.5. The molecule has 4 rings (SSSR count). The number of carboxylic acid groups (broad SMARTS) is 1. The van der Waals surface area contributed by atoms with Gasteiger partial charge in [-0.25, -0.2) is 4.79 Å². The molecule has 0 bridgehead atoms. The van der Waals surface area contributed by atoms with E-state index in [1.807, 2.05) is 38.1 Å². The van der Waals surface area contributed by atoms with Crippen LogP contribution < -0.4 is 5.32 Å². The van der Waals surface area contributed by atoms with Crippen molar-refractivity contribution >= 4 is 18.0 Å². The molecule has 7 heteroatoms. The van der Waals surface area contributed by atoms with Gasteiger partial charge in [-0.2, -0.15) is 0 Å². The molecular formula is C27H32N2O5. The maximum Gasteiger partial charge on any atom is 0.407 e. The predicted molar refractivity (Wildman–Crippen MR) is 128 cm³/mol. The molecule has 2 N–H and O–H groups in total. The highest BCUT2D eigenvalue weighted by Crippen LogP contribution is 2.44. The molecule has 1 aliphatic heterocycles. The second kappa shape index (κ2) is 9.12. The number of carboxylic acids is 1. The number of hydrogen-bond donors (Lipinski definition) is 2.